The number of fused-ring (bicyclic) bond motifs is 1. The molecule has 1 aliphatic rings. The second kappa shape index (κ2) is 5.01. The normalized spacial score (nSPS) is 16.6. The number of benzene rings is 2. The van der Waals surface area contributed by atoms with Crippen LogP contribution in [0.5, 0.6) is 0 Å². The Labute approximate surface area is 122 Å². The SMILES string of the molecule is CC1Cc2ccccc2N1c1ccc([N+](=O)[O-])c(C=O)c1. The Morgan fingerprint density at radius 3 is 2.76 bits per heavy atom. The van der Waals surface area contributed by atoms with Crippen LogP contribution in [-0.2, 0) is 6.42 Å². The lowest BCUT2D eigenvalue weighted by Gasteiger charge is -2.25. The van der Waals surface area contributed by atoms with Crippen LogP contribution < -0.4 is 4.90 Å². The van der Waals surface area contributed by atoms with Crippen molar-refractivity contribution in [1.82, 2.24) is 0 Å². The number of rotatable bonds is 3. The van der Waals surface area contributed by atoms with Crippen LogP contribution in [0.25, 0.3) is 0 Å². The molecule has 0 spiro atoms. The quantitative estimate of drug-likeness (QED) is 0.491. The summed E-state index contributed by atoms with van der Waals surface area (Å²) >= 11 is 0. The van der Waals surface area contributed by atoms with E-state index in [9.17, 15) is 14.9 Å². The van der Waals surface area contributed by atoms with Crippen molar-refractivity contribution in [3.8, 4) is 0 Å². The van der Waals surface area contributed by atoms with E-state index in [-0.39, 0.29) is 17.3 Å². The van der Waals surface area contributed by atoms with Gasteiger partial charge < -0.3 is 4.90 Å². The number of hydrogen-bond donors (Lipinski definition) is 0. The summed E-state index contributed by atoms with van der Waals surface area (Å²) in [5.74, 6) is 0. The minimum Gasteiger partial charge on any atom is -0.338 e. The summed E-state index contributed by atoms with van der Waals surface area (Å²) in [6.07, 6.45) is 1.46. The lowest BCUT2D eigenvalue weighted by atomic mass is 10.1. The van der Waals surface area contributed by atoms with Gasteiger partial charge in [0.15, 0.2) is 6.29 Å². The topological polar surface area (TPSA) is 63.4 Å². The fourth-order valence-electron chi connectivity index (χ4n) is 2.91. The van der Waals surface area contributed by atoms with Crippen LogP contribution in [0.3, 0.4) is 0 Å². The molecule has 2 aromatic carbocycles. The second-order valence-corrected chi connectivity index (χ2v) is 5.17. The predicted octanol–water partition coefficient (Wildman–Crippen LogP) is 3.49. The molecule has 1 atom stereocenters. The molecule has 0 N–H and O–H groups in total. The minimum atomic E-state index is -0.533. The van der Waals surface area contributed by atoms with E-state index < -0.39 is 4.92 Å². The summed E-state index contributed by atoms with van der Waals surface area (Å²) in [4.78, 5) is 23.6. The minimum absolute atomic E-state index is 0.106. The Morgan fingerprint density at radius 2 is 2.05 bits per heavy atom. The van der Waals surface area contributed by atoms with Crippen LogP contribution in [0.15, 0.2) is 42.5 Å². The molecule has 1 heterocycles. The van der Waals surface area contributed by atoms with Gasteiger partial charge in [-0.1, -0.05) is 18.2 Å². The van der Waals surface area contributed by atoms with Gasteiger partial charge in [-0.05, 0) is 37.1 Å². The number of nitro groups is 1. The fourth-order valence-corrected chi connectivity index (χ4v) is 2.91. The number of para-hydroxylation sites is 1. The Balaban J connectivity index is 2.09. The second-order valence-electron chi connectivity index (χ2n) is 5.17. The van der Waals surface area contributed by atoms with Crippen molar-refractivity contribution in [2.75, 3.05) is 4.90 Å². The smallest absolute Gasteiger partial charge is 0.280 e. The van der Waals surface area contributed by atoms with Gasteiger partial charge in [0, 0.05) is 23.5 Å². The first-order valence-electron chi connectivity index (χ1n) is 6.72. The molecule has 0 bridgehead atoms. The monoisotopic (exact) mass is 282 g/mol. The maximum absolute atomic E-state index is 11.1. The van der Waals surface area contributed by atoms with E-state index in [1.54, 1.807) is 12.1 Å². The molecule has 1 unspecified atom stereocenters. The average molecular weight is 282 g/mol. The number of nitro benzene ring substituents is 1. The Morgan fingerprint density at radius 1 is 1.29 bits per heavy atom. The molecule has 0 saturated heterocycles. The molecule has 0 aliphatic carbocycles. The number of carbonyl (C=O) groups excluding carboxylic acids is 1. The standard InChI is InChI=1S/C16H14N2O3/c1-11-8-12-4-2-3-5-15(12)17(11)14-6-7-16(18(20)21)13(9-14)10-19/h2-7,9-11H,8H2,1H3. The zero-order valence-electron chi connectivity index (χ0n) is 11.5. The molecule has 5 heteroatoms. The predicted molar refractivity (Wildman–Crippen MR) is 80.2 cm³/mol. The average Bonchev–Trinajstić information content (AvgIpc) is 2.82. The largest absolute Gasteiger partial charge is 0.338 e. The first-order chi connectivity index (χ1) is 10.1. The molecule has 5 nitrogen and oxygen atoms in total. The lowest BCUT2D eigenvalue weighted by Crippen LogP contribution is -2.24. The van der Waals surface area contributed by atoms with E-state index in [0.717, 1.165) is 17.8 Å². The number of nitrogens with zero attached hydrogens (tertiary/aromatic N) is 2. The van der Waals surface area contributed by atoms with Crippen LogP contribution in [0.4, 0.5) is 17.1 Å². The van der Waals surface area contributed by atoms with Crippen molar-refractivity contribution in [2.45, 2.75) is 19.4 Å². The van der Waals surface area contributed by atoms with Gasteiger partial charge in [0.25, 0.3) is 5.69 Å². The third-order valence-corrected chi connectivity index (χ3v) is 3.82. The van der Waals surface area contributed by atoms with Crippen molar-refractivity contribution >= 4 is 23.3 Å². The Bertz CT molecular complexity index is 727. The van der Waals surface area contributed by atoms with Crippen LogP contribution >= 0.6 is 0 Å². The first kappa shape index (κ1) is 13.3. The number of carbonyl (C=O) groups is 1. The van der Waals surface area contributed by atoms with Crippen LogP contribution in [0.2, 0.25) is 0 Å². The molecule has 0 fully saturated rings. The van der Waals surface area contributed by atoms with Gasteiger partial charge in [-0.3, -0.25) is 14.9 Å². The van der Waals surface area contributed by atoms with Gasteiger partial charge in [0.05, 0.1) is 10.5 Å². The van der Waals surface area contributed by atoms with E-state index in [1.807, 2.05) is 18.2 Å². The van der Waals surface area contributed by atoms with E-state index in [0.29, 0.717) is 6.29 Å². The maximum atomic E-state index is 11.1. The highest BCUT2D eigenvalue weighted by Gasteiger charge is 2.27. The molecule has 0 radical (unpaired) electrons. The molecule has 3 rings (SSSR count). The molecule has 0 amide bonds. The van der Waals surface area contributed by atoms with Gasteiger partial charge in [-0.2, -0.15) is 0 Å². The Hall–Kier alpha value is -2.69. The van der Waals surface area contributed by atoms with E-state index in [4.69, 9.17) is 0 Å². The third kappa shape index (κ3) is 2.16. The highest BCUT2D eigenvalue weighted by molar-refractivity contribution is 5.85. The fraction of sp³-hybridized carbons (Fsp3) is 0.188. The molecule has 0 saturated carbocycles. The molecule has 2 aromatic rings. The number of anilines is 2. The highest BCUT2D eigenvalue weighted by atomic mass is 16.6. The van der Waals surface area contributed by atoms with E-state index >= 15 is 0 Å². The number of hydrogen-bond acceptors (Lipinski definition) is 4. The van der Waals surface area contributed by atoms with Gasteiger partial charge in [-0.25, -0.2) is 0 Å². The number of aldehydes is 1. The molecule has 0 aromatic heterocycles. The van der Waals surface area contributed by atoms with Crippen LogP contribution in [0, 0.1) is 10.1 Å². The maximum Gasteiger partial charge on any atom is 0.280 e. The van der Waals surface area contributed by atoms with E-state index in [2.05, 4.69) is 17.9 Å². The summed E-state index contributed by atoms with van der Waals surface area (Å²) in [5.41, 5.74) is 3.09. The van der Waals surface area contributed by atoms with Gasteiger partial charge >= 0.3 is 0 Å². The van der Waals surface area contributed by atoms with Gasteiger partial charge in [0.2, 0.25) is 0 Å². The molecular formula is C16H14N2O3. The van der Waals surface area contributed by atoms with Crippen molar-refractivity contribution in [1.29, 1.82) is 0 Å². The zero-order chi connectivity index (χ0) is 15.0. The van der Waals surface area contributed by atoms with Crippen molar-refractivity contribution < 1.29 is 9.72 Å². The summed E-state index contributed by atoms with van der Waals surface area (Å²) in [5, 5.41) is 10.9. The first-order valence-corrected chi connectivity index (χ1v) is 6.72. The van der Waals surface area contributed by atoms with Crippen molar-refractivity contribution in [3.05, 3.63) is 63.7 Å². The Kier molecular flexibility index (Phi) is 3.17. The van der Waals surface area contributed by atoms with E-state index in [1.165, 1.54) is 11.6 Å². The third-order valence-electron chi connectivity index (χ3n) is 3.82. The van der Waals surface area contributed by atoms with Crippen molar-refractivity contribution in [3.63, 3.8) is 0 Å². The highest BCUT2D eigenvalue weighted by Crippen LogP contribution is 2.39. The lowest BCUT2D eigenvalue weighted by molar-refractivity contribution is -0.385. The summed E-state index contributed by atoms with van der Waals surface area (Å²) in [7, 11) is 0. The molecule has 106 valence electrons. The van der Waals surface area contributed by atoms with Crippen molar-refractivity contribution in [2.24, 2.45) is 0 Å². The molecular weight excluding hydrogens is 268 g/mol. The summed E-state index contributed by atoms with van der Waals surface area (Å²) in [6, 6.07) is 13.0. The van der Waals surface area contributed by atoms with Gasteiger partial charge in [-0.15, -0.1) is 0 Å². The molecule has 21 heavy (non-hydrogen) atoms. The van der Waals surface area contributed by atoms with Gasteiger partial charge in [0.1, 0.15) is 0 Å². The summed E-state index contributed by atoms with van der Waals surface area (Å²) < 4.78 is 0. The molecule has 1 aliphatic heterocycles. The summed E-state index contributed by atoms with van der Waals surface area (Å²) in [6.45, 7) is 2.10. The van der Waals surface area contributed by atoms with Crippen LogP contribution in [0.1, 0.15) is 22.8 Å². The van der Waals surface area contributed by atoms with Crippen LogP contribution in [-0.4, -0.2) is 17.3 Å². The zero-order valence-corrected chi connectivity index (χ0v) is 11.5.